The second kappa shape index (κ2) is 5.63. The second-order valence-electron chi connectivity index (χ2n) is 4.15. The summed E-state index contributed by atoms with van der Waals surface area (Å²) in [4.78, 5) is 0. The third-order valence-electron chi connectivity index (χ3n) is 2.91. The number of nitrogens with one attached hydrogen (secondary N) is 1. The highest BCUT2D eigenvalue weighted by Crippen LogP contribution is 2.26. The Hall–Kier alpha value is -1.20. The van der Waals surface area contributed by atoms with E-state index >= 15 is 0 Å². The highest BCUT2D eigenvalue weighted by atomic mass is 79.9. The van der Waals surface area contributed by atoms with E-state index in [2.05, 4.69) is 38.4 Å². The number of halogens is 1. The molecule has 1 aromatic heterocycles. The van der Waals surface area contributed by atoms with Crippen molar-refractivity contribution in [2.24, 2.45) is 0 Å². The van der Waals surface area contributed by atoms with Crippen molar-refractivity contribution < 1.29 is 4.42 Å². The second-order valence-corrected chi connectivity index (χ2v) is 5.07. The lowest BCUT2D eigenvalue weighted by Gasteiger charge is -2.07. The maximum atomic E-state index is 5.73. The van der Waals surface area contributed by atoms with E-state index in [4.69, 9.17) is 4.42 Å². The van der Waals surface area contributed by atoms with Gasteiger partial charge in [-0.25, -0.2) is 0 Å². The predicted molar refractivity (Wildman–Crippen MR) is 74.3 cm³/mol. The SMILES string of the molecule is CCC(NC)c1nnc(-c2ccc(Br)cc2C)o1. The number of rotatable bonds is 4. The number of aromatic nitrogens is 2. The lowest BCUT2D eigenvalue weighted by Crippen LogP contribution is -2.15. The number of benzene rings is 1. The highest BCUT2D eigenvalue weighted by molar-refractivity contribution is 9.10. The number of aryl methyl sites for hydroxylation is 1. The van der Waals surface area contributed by atoms with Gasteiger partial charge in [0.05, 0.1) is 6.04 Å². The van der Waals surface area contributed by atoms with Crippen molar-refractivity contribution in [1.29, 1.82) is 0 Å². The number of hydrogen-bond donors (Lipinski definition) is 1. The van der Waals surface area contributed by atoms with Gasteiger partial charge >= 0.3 is 0 Å². The first-order valence-corrected chi connectivity index (χ1v) is 6.72. The maximum absolute atomic E-state index is 5.73. The third-order valence-corrected chi connectivity index (χ3v) is 3.41. The zero-order chi connectivity index (χ0) is 13.1. The van der Waals surface area contributed by atoms with Gasteiger partial charge in [0.1, 0.15) is 0 Å². The summed E-state index contributed by atoms with van der Waals surface area (Å²) in [7, 11) is 1.89. The Morgan fingerprint density at radius 1 is 1.39 bits per heavy atom. The lowest BCUT2D eigenvalue weighted by atomic mass is 10.1. The van der Waals surface area contributed by atoms with Gasteiger partial charge in [0, 0.05) is 10.0 Å². The van der Waals surface area contributed by atoms with Gasteiger partial charge in [0.25, 0.3) is 0 Å². The molecule has 0 bridgehead atoms. The first kappa shape index (κ1) is 13.2. The molecule has 1 atom stereocenters. The monoisotopic (exact) mass is 309 g/mol. The van der Waals surface area contributed by atoms with Crippen molar-refractivity contribution in [2.45, 2.75) is 26.3 Å². The van der Waals surface area contributed by atoms with E-state index in [0.717, 1.165) is 22.0 Å². The summed E-state index contributed by atoms with van der Waals surface area (Å²) >= 11 is 3.44. The Kier molecular flexibility index (Phi) is 4.14. The van der Waals surface area contributed by atoms with Crippen LogP contribution in [-0.2, 0) is 0 Å². The molecule has 0 fully saturated rings. The van der Waals surface area contributed by atoms with Crippen molar-refractivity contribution in [1.82, 2.24) is 15.5 Å². The highest BCUT2D eigenvalue weighted by Gasteiger charge is 2.16. The van der Waals surface area contributed by atoms with Crippen LogP contribution in [0.1, 0.15) is 30.8 Å². The molecule has 1 unspecified atom stereocenters. The van der Waals surface area contributed by atoms with E-state index in [0.29, 0.717) is 11.8 Å². The van der Waals surface area contributed by atoms with Crippen LogP contribution in [0.15, 0.2) is 27.1 Å². The molecule has 0 amide bonds. The first-order valence-electron chi connectivity index (χ1n) is 5.93. The summed E-state index contributed by atoms with van der Waals surface area (Å²) in [5.74, 6) is 1.21. The van der Waals surface area contributed by atoms with Gasteiger partial charge in [0.2, 0.25) is 11.8 Å². The summed E-state index contributed by atoms with van der Waals surface area (Å²) in [5.41, 5.74) is 2.08. The van der Waals surface area contributed by atoms with Crippen LogP contribution in [0.3, 0.4) is 0 Å². The molecule has 4 nitrogen and oxygen atoms in total. The molecule has 1 N–H and O–H groups in total. The van der Waals surface area contributed by atoms with E-state index in [9.17, 15) is 0 Å². The Morgan fingerprint density at radius 2 is 2.17 bits per heavy atom. The van der Waals surface area contributed by atoms with Gasteiger partial charge in [0.15, 0.2) is 0 Å². The van der Waals surface area contributed by atoms with Crippen LogP contribution in [0.25, 0.3) is 11.5 Å². The summed E-state index contributed by atoms with van der Waals surface area (Å²) < 4.78 is 6.78. The summed E-state index contributed by atoms with van der Waals surface area (Å²) in [5, 5.41) is 11.4. The number of nitrogens with zero attached hydrogens (tertiary/aromatic N) is 2. The van der Waals surface area contributed by atoms with E-state index in [1.165, 1.54) is 0 Å². The van der Waals surface area contributed by atoms with Crippen LogP contribution >= 0.6 is 15.9 Å². The zero-order valence-corrected chi connectivity index (χ0v) is 12.3. The molecule has 1 heterocycles. The van der Waals surface area contributed by atoms with Crippen LogP contribution < -0.4 is 5.32 Å². The molecule has 1 aromatic carbocycles. The van der Waals surface area contributed by atoms with Crippen LogP contribution in [0.2, 0.25) is 0 Å². The van der Waals surface area contributed by atoms with E-state index in [1.54, 1.807) is 0 Å². The molecule has 2 aromatic rings. The van der Waals surface area contributed by atoms with Crippen molar-refractivity contribution in [3.05, 3.63) is 34.1 Å². The van der Waals surface area contributed by atoms with Gasteiger partial charge in [-0.1, -0.05) is 22.9 Å². The minimum absolute atomic E-state index is 0.113. The molecule has 0 aliphatic rings. The summed E-state index contributed by atoms with van der Waals surface area (Å²) in [6, 6.07) is 6.11. The molecule has 18 heavy (non-hydrogen) atoms. The average molecular weight is 310 g/mol. The topological polar surface area (TPSA) is 51.0 Å². The van der Waals surface area contributed by atoms with Crippen LogP contribution in [0.4, 0.5) is 0 Å². The molecular formula is C13H16BrN3O. The molecule has 0 aliphatic carbocycles. The molecule has 2 rings (SSSR count). The largest absolute Gasteiger partial charge is 0.419 e. The molecular weight excluding hydrogens is 294 g/mol. The predicted octanol–water partition coefficient (Wildman–Crippen LogP) is 3.48. The molecule has 0 saturated heterocycles. The Morgan fingerprint density at radius 3 is 2.78 bits per heavy atom. The van der Waals surface area contributed by atoms with Gasteiger partial charge < -0.3 is 9.73 Å². The van der Waals surface area contributed by atoms with E-state index < -0.39 is 0 Å². The van der Waals surface area contributed by atoms with Crippen molar-refractivity contribution in [2.75, 3.05) is 7.05 Å². The lowest BCUT2D eigenvalue weighted by molar-refractivity contribution is 0.415. The van der Waals surface area contributed by atoms with Gasteiger partial charge in [-0.15, -0.1) is 10.2 Å². The summed E-state index contributed by atoms with van der Waals surface area (Å²) in [6.45, 7) is 4.11. The fourth-order valence-electron chi connectivity index (χ4n) is 1.85. The van der Waals surface area contributed by atoms with Crippen molar-refractivity contribution >= 4 is 15.9 Å². The van der Waals surface area contributed by atoms with E-state index in [-0.39, 0.29) is 6.04 Å². The number of hydrogen-bond acceptors (Lipinski definition) is 4. The van der Waals surface area contributed by atoms with Crippen LogP contribution in [-0.4, -0.2) is 17.2 Å². The molecule has 0 spiro atoms. The normalized spacial score (nSPS) is 12.7. The molecule has 0 aliphatic heterocycles. The quantitative estimate of drug-likeness (QED) is 0.939. The fourth-order valence-corrected chi connectivity index (χ4v) is 2.33. The Labute approximate surface area is 115 Å². The minimum atomic E-state index is 0.113. The van der Waals surface area contributed by atoms with E-state index in [1.807, 2.05) is 32.2 Å². The Bertz CT molecular complexity index is 535. The maximum Gasteiger partial charge on any atom is 0.248 e. The smallest absolute Gasteiger partial charge is 0.248 e. The third kappa shape index (κ3) is 2.62. The molecule has 5 heteroatoms. The van der Waals surface area contributed by atoms with Crippen LogP contribution in [0, 0.1) is 6.92 Å². The Balaban J connectivity index is 2.34. The van der Waals surface area contributed by atoms with Gasteiger partial charge in [-0.05, 0) is 44.2 Å². The van der Waals surface area contributed by atoms with Gasteiger partial charge in [-0.2, -0.15) is 0 Å². The first-order chi connectivity index (χ1) is 8.65. The summed E-state index contributed by atoms with van der Waals surface area (Å²) in [6.07, 6.45) is 0.914. The van der Waals surface area contributed by atoms with Crippen molar-refractivity contribution in [3.8, 4) is 11.5 Å². The average Bonchev–Trinajstić information content (AvgIpc) is 2.80. The standard InChI is InChI=1S/C13H16BrN3O/c1-4-11(15-3)13-17-16-12(18-13)10-6-5-9(14)7-8(10)2/h5-7,11,15H,4H2,1-3H3. The molecule has 0 radical (unpaired) electrons. The minimum Gasteiger partial charge on any atom is -0.419 e. The van der Waals surface area contributed by atoms with Crippen LogP contribution in [0.5, 0.6) is 0 Å². The molecule has 0 saturated carbocycles. The van der Waals surface area contributed by atoms with Crippen molar-refractivity contribution in [3.63, 3.8) is 0 Å². The molecule has 96 valence electrons. The van der Waals surface area contributed by atoms with Gasteiger partial charge in [-0.3, -0.25) is 0 Å². The zero-order valence-electron chi connectivity index (χ0n) is 10.7. The fraction of sp³-hybridized carbons (Fsp3) is 0.385.